The SMILES string of the molecule is Cc1nc(C(C)(C)N)n2ccccc12. The lowest BCUT2D eigenvalue weighted by atomic mass is 10.1. The van der Waals surface area contributed by atoms with Crippen molar-refractivity contribution >= 4 is 5.52 Å². The van der Waals surface area contributed by atoms with Crippen LogP contribution in [-0.4, -0.2) is 9.38 Å². The van der Waals surface area contributed by atoms with Gasteiger partial charge in [-0.3, -0.25) is 0 Å². The van der Waals surface area contributed by atoms with Gasteiger partial charge in [-0.2, -0.15) is 0 Å². The van der Waals surface area contributed by atoms with E-state index in [0.717, 1.165) is 17.0 Å². The van der Waals surface area contributed by atoms with Crippen molar-refractivity contribution in [2.24, 2.45) is 5.73 Å². The van der Waals surface area contributed by atoms with Crippen molar-refractivity contribution in [3.63, 3.8) is 0 Å². The number of nitrogens with two attached hydrogens (primary N) is 1. The van der Waals surface area contributed by atoms with Crippen molar-refractivity contribution in [2.75, 3.05) is 0 Å². The Morgan fingerprint density at radius 3 is 2.71 bits per heavy atom. The highest BCUT2D eigenvalue weighted by molar-refractivity contribution is 5.53. The first-order valence-electron chi connectivity index (χ1n) is 4.73. The average Bonchev–Trinajstić information content (AvgIpc) is 2.44. The summed E-state index contributed by atoms with van der Waals surface area (Å²) in [5, 5.41) is 0. The van der Waals surface area contributed by atoms with Crippen LogP contribution < -0.4 is 5.73 Å². The molecule has 0 spiro atoms. The molecule has 0 aromatic carbocycles. The number of imidazole rings is 1. The molecule has 2 aromatic heterocycles. The lowest BCUT2D eigenvalue weighted by molar-refractivity contribution is 0.511. The maximum absolute atomic E-state index is 6.05. The molecule has 0 saturated carbocycles. The molecule has 0 aliphatic heterocycles. The highest BCUT2D eigenvalue weighted by Gasteiger charge is 2.21. The van der Waals surface area contributed by atoms with Gasteiger partial charge in [0, 0.05) is 6.20 Å². The molecule has 3 nitrogen and oxygen atoms in total. The Morgan fingerprint density at radius 1 is 1.36 bits per heavy atom. The number of hydrogen-bond donors (Lipinski definition) is 1. The van der Waals surface area contributed by atoms with Gasteiger partial charge in [0.25, 0.3) is 0 Å². The third kappa shape index (κ3) is 1.30. The lowest BCUT2D eigenvalue weighted by Gasteiger charge is -2.16. The first kappa shape index (κ1) is 9.21. The van der Waals surface area contributed by atoms with Gasteiger partial charge in [-0.25, -0.2) is 4.98 Å². The monoisotopic (exact) mass is 189 g/mol. The summed E-state index contributed by atoms with van der Waals surface area (Å²) in [6.45, 7) is 5.94. The third-order valence-corrected chi connectivity index (χ3v) is 2.31. The normalized spacial score (nSPS) is 12.3. The van der Waals surface area contributed by atoms with Gasteiger partial charge in [-0.15, -0.1) is 0 Å². The minimum absolute atomic E-state index is 0.404. The van der Waals surface area contributed by atoms with E-state index in [2.05, 4.69) is 15.5 Å². The van der Waals surface area contributed by atoms with E-state index in [4.69, 9.17) is 5.73 Å². The van der Waals surface area contributed by atoms with E-state index in [1.165, 1.54) is 0 Å². The van der Waals surface area contributed by atoms with Gasteiger partial charge in [0.05, 0.1) is 16.7 Å². The first-order valence-corrected chi connectivity index (χ1v) is 4.73. The van der Waals surface area contributed by atoms with Crippen molar-refractivity contribution in [3.05, 3.63) is 35.9 Å². The molecule has 0 atom stereocenters. The van der Waals surface area contributed by atoms with Crippen LogP contribution in [0.5, 0.6) is 0 Å². The smallest absolute Gasteiger partial charge is 0.133 e. The zero-order valence-electron chi connectivity index (χ0n) is 8.78. The largest absolute Gasteiger partial charge is 0.319 e. The summed E-state index contributed by atoms with van der Waals surface area (Å²) in [5.74, 6) is 0.908. The molecule has 74 valence electrons. The summed E-state index contributed by atoms with van der Waals surface area (Å²) in [6.07, 6.45) is 2.00. The molecule has 0 radical (unpaired) electrons. The summed E-state index contributed by atoms with van der Waals surface area (Å²) in [7, 11) is 0. The summed E-state index contributed by atoms with van der Waals surface area (Å²) in [6, 6.07) is 6.05. The Labute approximate surface area is 83.6 Å². The maximum Gasteiger partial charge on any atom is 0.133 e. The third-order valence-electron chi connectivity index (χ3n) is 2.31. The van der Waals surface area contributed by atoms with Gasteiger partial charge < -0.3 is 10.1 Å². The minimum atomic E-state index is -0.404. The van der Waals surface area contributed by atoms with Crippen LogP contribution in [0.15, 0.2) is 24.4 Å². The minimum Gasteiger partial charge on any atom is -0.319 e. The van der Waals surface area contributed by atoms with Gasteiger partial charge in [0.1, 0.15) is 5.82 Å². The van der Waals surface area contributed by atoms with Crippen LogP contribution in [0.1, 0.15) is 25.4 Å². The zero-order valence-corrected chi connectivity index (χ0v) is 8.78. The van der Waals surface area contributed by atoms with Crippen molar-refractivity contribution in [1.82, 2.24) is 9.38 Å². The standard InChI is InChI=1S/C11H15N3/c1-8-9-6-4-5-7-14(9)10(13-8)11(2,3)12/h4-7H,12H2,1-3H3. The highest BCUT2D eigenvalue weighted by atomic mass is 15.1. The van der Waals surface area contributed by atoms with Gasteiger partial charge >= 0.3 is 0 Å². The molecule has 2 heterocycles. The van der Waals surface area contributed by atoms with Crippen molar-refractivity contribution < 1.29 is 0 Å². The second kappa shape index (κ2) is 2.82. The van der Waals surface area contributed by atoms with Crippen LogP contribution in [0.3, 0.4) is 0 Å². The van der Waals surface area contributed by atoms with Gasteiger partial charge in [0.15, 0.2) is 0 Å². The van der Waals surface area contributed by atoms with Crippen LogP contribution in [0.2, 0.25) is 0 Å². The van der Waals surface area contributed by atoms with Crippen LogP contribution in [0.4, 0.5) is 0 Å². The molecule has 0 bridgehead atoms. The fourth-order valence-electron chi connectivity index (χ4n) is 1.65. The second-order valence-corrected chi connectivity index (χ2v) is 4.20. The van der Waals surface area contributed by atoms with E-state index < -0.39 is 5.54 Å². The van der Waals surface area contributed by atoms with Gasteiger partial charge in [-0.1, -0.05) is 6.07 Å². The molecule has 3 heteroatoms. The number of aryl methyl sites for hydroxylation is 1. The van der Waals surface area contributed by atoms with E-state index in [0.29, 0.717) is 0 Å². The van der Waals surface area contributed by atoms with Crippen LogP contribution in [0, 0.1) is 6.92 Å². The Kier molecular flexibility index (Phi) is 1.86. The van der Waals surface area contributed by atoms with E-state index in [9.17, 15) is 0 Å². The van der Waals surface area contributed by atoms with E-state index >= 15 is 0 Å². The molecule has 0 saturated heterocycles. The zero-order chi connectivity index (χ0) is 10.3. The molecule has 14 heavy (non-hydrogen) atoms. The van der Waals surface area contributed by atoms with Crippen LogP contribution in [0.25, 0.3) is 5.52 Å². The van der Waals surface area contributed by atoms with E-state index in [1.54, 1.807) is 0 Å². The summed E-state index contributed by atoms with van der Waals surface area (Å²) < 4.78 is 2.05. The number of fused-ring (bicyclic) bond motifs is 1. The molecular weight excluding hydrogens is 174 g/mol. The van der Waals surface area contributed by atoms with Crippen molar-refractivity contribution in [1.29, 1.82) is 0 Å². The Hall–Kier alpha value is -1.35. The van der Waals surface area contributed by atoms with Crippen molar-refractivity contribution in [2.45, 2.75) is 26.3 Å². The molecule has 0 unspecified atom stereocenters. The number of nitrogens with zero attached hydrogens (tertiary/aromatic N) is 2. The quantitative estimate of drug-likeness (QED) is 0.743. The van der Waals surface area contributed by atoms with Crippen LogP contribution >= 0.6 is 0 Å². The fourth-order valence-corrected chi connectivity index (χ4v) is 1.65. The molecule has 2 aromatic rings. The topological polar surface area (TPSA) is 43.3 Å². The lowest BCUT2D eigenvalue weighted by Crippen LogP contribution is -2.31. The molecule has 0 aliphatic rings. The predicted octanol–water partition coefficient (Wildman–Crippen LogP) is 1.84. The fraction of sp³-hybridized carbons (Fsp3) is 0.364. The summed E-state index contributed by atoms with van der Waals surface area (Å²) >= 11 is 0. The summed E-state index contributed by atoms with van der Waals surface area (Å²) in [5.41, 5.74) is 7.80. The first-order chi connectivity index (χ1) is 6.50. The average molecular weight is 189 g/mol. The molecule has 0 fully saturated rings. The molecule has 2 N–H and O–H groups in total. The summed E-state index contributed by atoms with van der Waals surface area (Å²) in [4.78, 5) is 4.50. The van der Waals surface area contributed by atoms with E-state index in [1.807, 2.05) is 39.1 Å². The number of hydrogen-bond acceptors (Lipinski definition) is 2. The number of pyridine rings is 1. The number of rotatable bonds is 1. The Bertz CT molecular complexity index is 463. The predicted molar refractivity (Wildman–Crippen MR) is 57.1 cm³/mol. The van der Waals surface area contributed by atoms with Gasteiger partial charge in [0.2, 0.25) is 0 Å². The van der Waals surface area contributed by atoms with E-state index in [-0.39, 0.29) is 0 Å². The number of aromatic nitrogens is 2. The second-order valence-electron chi connectivity index (χ2n) is 4.20. The maximum atomic E-state index is 6.05. The highest BCUT2D eigenvalue weighted by Crippen LogP contribution is 2.19. The van der Waals surface area contributed by atoms with Crippen molar-refractivity contribution in [3.8, 4) is 0 Å². The molecule has 0 amide bonds. The Balaban J connectivity index is 2.80. The molecule has 2 rings (SSSR count). The Morgan fingerprint density at radius 2 is 2.07 bits per heavy atom. The van der Waals surface area contributed by atoms with Crippen LogP contribution in [-0.2, 0) is 5.54 Å². The molecule has 0 aliphatic carbocycles. The molecular formula is C11H15N3. The van der Waals surface area contributed by atoms with Gasteiger partial charge in [-0.05, 0) is 32.9 Å².